The van der Waals surface area contributed by atoms with Gasteiger partial charge in [-0.25, -0.2) is 4.39 Å². The van der Waals surface area contributed by atoms with Crippen LogP contribution in [0.2, 0.25) is 0 Å². The Morgan fingerprint density at radius 3 is 2.93 bits per heavy atom. The van der Waals surface area contributed by atoms with Crippen molar-refractivity contribution in [3.63, 3.8) is 0 Å². The van der Waals surface area contributed by atoms with Crippen LogP contribution in [0.1, 0.15) is 35.8 Å². The van der Waals surface area contributed by atoms with Crippen molar-refractivity contribution in [3.8, 4) is 5.75 Å². The molecule has 1 aliphatic heterocycles. The number of nitrogens with one attached hydrogen (secondary N) is 1. The largest absolute Gasteiger partial charge is 0.493 e. The summed E-state index contributed by atoms with van der Waals surface area (Å²) in [6.45, 7) is 2.50. The van der Waals surface area contributed by atoms with Crippen LogP contribution in [0.25, 0.3) is 0 Å². The number of hydrogen-bond donors (Lipinski definition) is 1. The van der Waals surface area contributed by atoms with Crippen molar-refractivity contribution in [2.45, 2.75) is 31.8 Å². The normalized spacial score (nSPS) is 17.3. The van der Waals surface area contributed by atoms with Crippen LogP contribution >= 0.6 is 0 Å². The Labute approximate surface area is 158 Å². The van der Waals surface area contributed by atoms with E-state index in [4.69, 9.17) is 4.74 Å². The van der Waals surface area contributed by atoms with Crippen LogP contribution in [-0.4, -0.2) is 33.2 Å². The lowest BCUT2D eigenvalue weighted by Crippen LogP contribution is -2.23. The monoisotopic (exact) mass is 366 g/mol. The third-order valence-corrected chi connectivity index (χ3v) is 4.92. The van der Waals surface area contributed by atoms with E-state index in [-0.39, 0.29) is 5.82 Å². The second-order valence-electron chi connectivity index (χ2n) is 6.86. The zero-order chi connectivity index (χ0) is 18.5. The number of pyridine rings is 1. The van der Waals surface area contributed by atoms with Crippen LogP contribution < -0.4 is 4.74 Å². The number of aromatic nitrogens is 3. The van der Waals surface area contributed by atoms with Gasteiger partial charge in [0.1, 0.15) is 11.6 Å². The lowest BCUT2D eigenvalue weighted by atomic mass is 10.1. The minimum atomic E-state index is -0.257. The van der Waals surface area contributed by atoms with Gasteiger partial charge in [0.15, 0.2) is 0 Å². The van der Waals surface area contributed by atoms with Crippen LogP contribution in [0, 0.1) is 5.82 Å². The number of H-pyrrole nitrogens is 1. The molecule has 140 valence electrons. The van der Waals surface area contributed by atoms with Gasteiger partial charge in [0.05, 0.1) is 18.3 Å². The highest BCUT2D eigenvalue weighted by Crippen LogP contribution is 2.32. The Morgan fingerprint density at radius 2 is 2.11 bits per heavy atom. The number of ether oxygens (including phenoxy) is 1. The highest BCUT2D eigenvalue weighted by molar-refractivity contribution is 5.22. The van der Waals surface area contributed by atoms with Crippen molar-refractivity contribution >= 4 is 0 Å². The van der Waals surface area contributed by atoms with Crippen molar-refractivity contribution < 1.29 is 9.13 Å². The molecule has 27 heavy (non-hydrogen) atoms. The molecule has 0 spiro atoms. The Hall–Kier alpha value is -2.73. The molecule has 0 unspecified atom stereocenters. The van der Waals surface area contributed by atoms with Gasteiger partial charge in [0.2, 0.25) is 0 Å². The van der Waals surface area contributed by atoms with Crippen LogP contribution in [0.15, 0.2) is 54.9 Å². The molecule has 1 N–H and O–H groups in total. The molecule has 3 aromatic rings. The Bertz CT molecular complexity index is 850. The molecule has 3 heterocycles. The van der Waals surface area contributed by atoms with Crippen molar-refractivity contribution in [3.05, 3.63) is 77.6 Å². The van der Waals surface area contributed by atoms with Crippen LogP contribution in [0.3, 0.4) is 0 Å². The fourth-order valence-electron chi connectivity index (χ4n) is 3.56. The Morgan fingerprint density at radius 1 is 1.22 bits per heavy atom. The fraction of sp³-hybridized carbons (Fsp3) is 0.333. The highest BCUT2D eigenvalue weighted by Gasteiger charge is 2.28. The van der Waals surface area contributed by atoms with Crippen molar-refractivity contribution in [2.75, 3.05) is 13.2 Å². The van der Waals surface area contributed by atoms with Gasteiger partial charge in [-0.3, -0.25) is 15.0 Å². The molecule has 5 nitrogen and oxygen atoms in total. The molecule has 4 rings (SSSR count). The van der Waals surface area contributed by atoms with Crippen molar-refractivity contribution in [1.29, 1.82) is 0 Å². The smallest absolute Gasteiger partial charge is 0.123 e. The third kappa shape index (κ3) is 4.52. The predicted molar refractivity (Wildman–Crippen MR) is 101 cm³/mol. The second kappa shape index (κ2) is 8.31. The van der Waals surface area contributed by atoms with Crippen LogP contribution in [-0.2, 0) is 13.0 Å². The van der Waals surface area contributed by atoms with Crippen LogP contribution in [0.4, 0.5) is 4.39 Å². The standard InChI is InChI=1S/C21H23FN4O/c22-17-5-7-19(8-6-17)27-12-9-18-13-20(25-24-18)21-4-2-11-26(21)15-16-3-1-10-23-14-16/h1,3,5-8,10,13-14,21H,2,4,9,11-12,15H2,(H,24,25)/t21-/m1/s1. The van der Waals surface area contributed by atoms with Gasteiger partial charge in [-0.15, -0.1) is 0 Å². The molecule has 2 aromatic heterocycles. The predicted octanol–water partition coefficient (Wildman–Crippen LogP) is 3.90. The molecule has 6 heteroatoms. The lowest BCUT2D eigenvalue weighted by molar-refractivity contribution is 0.244. The summed E-state index contributed by atoms with van der Waals surface area (Å²) in [6.07, 6.45) is 6.77. The van der Waals surface area contributed by atoms with Gasteiger partial charge in [0, 0.05) is 31.1 Å². The second-order valence-corrected chi connectivity index (χ2v) is 6.86. The number of halogens is 1. The van der Waals surface area contributed by atoms with E-state index in [1.54, 1.807) is 18.3 Å². The van der Waals surface area contributed by atoms with E-state index in [0.29, 0.717) is 18.4 Å². The first kappa shape index (κ1) is 17.7. The Balaban J connectivity index is 1.33. The first-order valence-electron chi connectivity index (χ1n) is 9.33. The zero-order valence-corrected chi connectivity index (χ0v) is 15.1. The average Bonchev–Trinajstić information content (AvgIpc) is 3.33. The number of hydrogen-bond acceptors (Lipinski definition) is 4. The number of aromatic amines is 1. The van der Waals surface area contributed by atoms with Crippen molar-refractivity contribution in [2.24, 2.45) is 0 Å². The Kier molecular flexibility index (Phi) is 5.44. The topological polar surface area (TPSA) is 54.0 Å². The zero-order valence-electron chi connectivity index (χ0n) is 15.1. The SMILES string of the molecule is Fc1ccc(OCCc2cc([C@H]3CCCN3Cc3cccnc3)n[nH]2)cc1. The first-order chi connectivity index (χ1) is 13.3. The number of nitrogens with zero attached hydrogens (tertiary/aromatic N) is 3. The molecule has 0 radical (unpaired) electrons. The van der Waals surface area contributed by atoms with E-state index in [1.165, 1.54) is 24.1 Å². The average molecular weight is 366 g/mol. The molecule has 1 atom stereocenters. The van der Waals surface area contributed by atoms with E-state index in [1.807, 2.05) is 12.3 Å². The van der Waals surface area contributed by atoms with Crippen molar-refractivity contribution in [1.82, 2.24) is 20.1 Å². The molecule has 0 amide bonds. The summed E-state index contributed by atoms with van der Waals surface area (Å²) >= 11 is 0. The molecule has 1 saturated heterocycles. The summed E-state index contributed by atoms with van der Waals surface area (Å²) in [5.74, 6) is 0.419. The number of likely N-dealkylation sites (tertiary alicyclic amines) is 1. The molecular formula is C21H23FN4O. The van der Waals surface area contributed by atoms with Crippen LogP contribution in [0.5, 0.6) is 5.75 Å². The maximum atomic E-state index is 12.9. The van der Waals surface area contributed by atoms with Gasteiger partial charge in [-0.05, 0) is 61.3 Å². The highest BCUT2D eigenvalue weighted by atomic mass is 19.1. The van der Waals surface area contributed by atoms with E-state index in [0.717, 1.165) is 37.3 Å². The van der Waals surface area contributed by atoms with E-state index in [2.05, 4.69) is 32.2 Å². The molecule has 0 saturated carbocycles. The van der Waals surface area contributed by atoms with E-state index < -0.39 is 0 Å². The number of rotatable bonds is 7. The molecule has 0 aliphatic carbocycles. The molecule has 1 aliphatic rings. The summed E-state index contributed by atoms with van der Waals surface area (Å²) in [7, 11) is 0. The van der Waals surface area contributed by atoms with Gasteiger partial charge in [0.25, 0.3) is 0 Å². The maximum Gasteiger partial charge on any atom is 0.123 e. The molecule has 0 bridgehead atoms. The summed E-state index contributed by atoms with van der Waals surface area (Å²) in [6, 6.07) is 12.7. The number of benzene rings is 1. The van der Waals surface area contributed by atoms with Gasteiger partial charge < -0.3 is 4.74 Å². The fourth-order valence-corrected chi connectivity index (χ4v) is 3.56. The molecule has 1 fully saturated rings. The summed E-state index contributed by atoms with van der Waals surface area (Å²) in [4.78, 5) is 6.67. The lowest BCUT2D eigenvalue weighted by Gasteiger charge is -2.22. The van der Waals surface area contributed by atoms with Gasteiger partial charge in [-0.1, -0.05) is 6.07 Å². The first-order valence-corrected chi connectivity index (χ1v) is 9.33. The summed E-state index contributed by atoms with van der Waals surface area (Å²) in [5, 5.41) is 7.67. The maximum absolute atomic E-state index is 12.9. The van der Waals surface area contributed by atoms with Gasteiger partial charge >= 0.3 is 0 Å². The van der Waals surface area contributed by atoms with E-state index in [9.17, 15) is 4.39 Å². The molecular weight excluding hydrogens is 343 g/mol. The minimum absolute atomic E-state index is 0.257. The molecule has 1 aromatic carbocycles. The third-order valence-electron chi connectivity index (χ3n) is 4.92. The van der Waals surface area contributed by atoms with Gasteiger partial charge in [-0.2, -0.15) is 5.10 Å². The van der Waals surface area contributed by atoms with E-state index >= 15 is 0 Å². The summed E-state index contributed by atoms with van der Waals surface area (Å²) in [5.41, 5.74) is 3.38. The summed E-state index contributed by atoms with van der Waals surface area (Å²) < 4.78 is 18.6. The quantitative estimate of drug-likeness (QED) is 0.689. The minimum Gasteiger partial charge on any atom is -0.493 e.